The number of para-hydroxylation sites is 1. The van der Waals surface area contributed by atoms with E-state index in [4.69, 9.17) is 5.11 Å². The molecule has 5 heteroatoms. The molecule has 0 aliphatic heterocycles. The second-order valence-electron chi connectivity index (χ2n) is 7.18. The number of rotatable bonds is 5. The summed E-state index contributed by atoms with van der Waals surface area (Å²) >= 11 is 0. The molecule has 1 amide bonds. The first-order chi connectivity index (χ1) is 14.1. The number of hydrogen-bond donors (Lipinski definition) is 2. The van der Waals surface area contributed by atoms with Gasteiger partial charge in [0, 0.05) is 36.3 Å². The van der Waals surface area contributed by atoms with Crippen molar-refractivity contribution in [3.63, 3.8) is 0 Å². The molecule has 4 aromatic rings. The molecule has 0 saturated heterocycles. The van der Waals surface area contributed by atoms with Gasteiger partial charge in [-0.1, -0.05) is 42.5 Å². The Morgan fingerprint density at radius 1 is 1.03 bits per heavy atom. The molecule has 1 unspecified atom stereocenters. The van der Waals surface area contributed by atoms with Gasteiger partial charge in [0.05, 0.1) is 18.2 Å². The zero-order valence-electron chi connectivity index (χ0n) is 16.1. The summed E-state index contributed by atoms with van der Waals surface area (Å²) in [6, 6.07) is 21.7. The number of carbonyl (C=O) groups excluding carboxylic acids is 1. The maximum Gasteiger partial charge on any atom is 0.253 e. The van der Waals surface area contributed by atoms with Crippen LogP contribution in [0.2, 0.25) is 0 Å². The number of hydrogen-bond acceptors (Lipinski definition) is 4. The van der Waals surface area contributed by atoms with E-state index in [1.807, 2.05) is 54.7 Å². The number of nitrogens with zero attached hydrogens (tertiary/aromatic N) is 2. The van der Waals surface area contributed by atoms with Gasteiger partial charge in [-0.2, -0.15) is 0 Å². The van der Waals surface area contributed by atoms with E-state index in [1.54, 1.807) is 13.1 Å². The van der Waals surface area contributed by atoms with Crippen LogP contribution in [-0.2, 0) is 0 Å². The van der Waals surface area contributed by atoms with Crippen LogP contribution in [0.15, 0.2) is 72.9 Å². The minimum atomic E-state index is -0.948. The van der Waals surface area contributed by atoms with Gasteiger partial charge in [0.25, 0.3) is 5.91 Å². The van der Waals surface area contributed by atoms with Gasteiger partial charge in [0.2, 0.25) is 0 Å². The summed E-state index contributed by atoms with van der Waals surface area (Å²) in [5.74, 6) is -0.197. The first kappa shape index (κ1) is 19.1. The van der Waals surface area contributed by atoms with E-state index >= 15 is 0 Å². The Labute approximate surface area is 168 Å². The fourth-order valence-electron chi connectivity index (χ4n) is 3.56. The SMILES string of the molecule is CN(CC(O)CO)C(=O)c1ccc2c(-c3cnc4ccccc4c3)cccc2c1. The van der Waals surface area contributed by atoms with Crippen LogP contribution in [-0.4, -0.2) is 52.3 Å². The van der Waals surface area contributed by atoms with Gasteiger partial charge in [0.15, 0.2) is 0 Å². The van der Waals surface area contributed by atoms with Crippen LogP contribution < -0.4 is 0 Å². The van der Waals surface area contributed by atoms with E-state index in [1.165, 1.54) is 4.90 Å². The Kier molecular flexibility index (Phi) is 5.25. The lowest BCUT2D eigenvalue weighted by Gasteiger charge is -2.20. The molecule has 0 bridgehead atoms. The van der Waals surface area contributed by atoms with Gasteiger partial charge in [0.1, 0.15) is 0 Å². The monoisotopic (exact) mass is 386 g/mol. The fourth-order valence-corrected chi connectivity index (χ4v) is 3.56. The van der Waals surface area contributed by atoms with Crippen LogP contribution in [0.4, 0.5) is 0 Å². The largest absolute Gasteiger partial charge is 0.394 e. The summed E-state index contributed by atoms with van der Waals surface area (Å²) in [4.78, 5) is 18.6. The zero-order valence-corrected chi connectivity index (χ0v) is 16.1. The lowest BCUT2D eigenvalue weighted by molar-refractivity contribution is 0.0520. The molecule has 0 aliphatic rings. The highest BCUT2D eigenvalue weighted by Crippen LogP contribution is 2.30. The summed E-state index contributed by atoms with van der Waals surface area (Å²) in [5, 5.41) is 21.7. The van der Waals surface area contributed by atoms with Crippen LogP contribution in [0.5, 0.6) is 0 Å². The molecule has 1 heterocycles. The lowest BCUT2D eigenvalue weighted by atomic mass is 9.97. The van der Waals surface area contributed by atoms with Gasteiger partial charge in [-0.3, -0.25) is 9.78 Å². The fraction of sp³-hybridized carbons (Fsp3) is 0.167. The van der Waals surface area contributed by atoms with Crippen molar-refractivity contribution in [2.45, 2.75) is 6.10 Å². The van der Waals surface area contributed by atoms with Crippen LogP contribution in [0, 0.1) is 0 Å². The number of aliphatic hydroxyl groups is 2. The third-order valence-corrected chi connectivity index (χ3v) is 5.07. The molecule has 0 spiro atoms. The van der Waals surface area contributed by atoms with Crippen LogP contribution in [0.3, 0.4) is 0 Å². The van der Waals surface area contributed by atoms with Crippen LogP contribution >= 0.6 is 0 Å². The Balaban J connectivity index is 1.71. The van der Waals surface area contributed by atoms with Gasteiger partial charge in [-0.15, -0.1) is 0 Å². The molecule has 1 atom stereocenters. The zero-order chi connectivity index (χ0) is 20.4. The quantitative estimate of drug-likeness (QED) is 0.551. The number of amides is 1. The highest BCUT2D eigenvalue weighted by Gasteiger charge is 2.16. The molecule has 0 saturated carbocycles. The topological polar surface area (TPSA) is 73.7 Å². The van der Waals surface area contributed by atoms with Crippen molar-refractivity contribution in [2.24, 2.45) is 0 Å². The highest BCUT2D eigenvalue weighted by atomic mass is 16.3. The Morgan fingerprint density at radius 3 is 2.66 bits per heavy atom. The minimum Gasteiger partial charge on any atom is -0.394 e. The summed E-state index contributed by atoms with van der Waals surface area (Å²) in [7, 11) is 1.61. The smallest absolute Gasteiger partial charge is 0.253 e. The van der Waals surface area contributed by atoms with Gasteiger partial charge in [-0.05, 0) is 40.6 Å². The maximum atomic E-state index is 12.7. The number of carbonyl (C=O) groups is 1. The van der Waals surface area contributed by atoms with E-state index in [2.05, 4.69) is 17.1 Å². The normalized spacial score (nSPS) is 12.2. The molecular weight excluding hydrogens is 364 g/mol. The second kappa shape index (κ2) is 7.99. The van der Waals surface area contributed by atoms with E-state index in [0.29, 0.717) is 5.56 Å². The summed E-state index contributed by atoms with van der Waals surface area (Å²) in [6.45, 7) is -0.297. The van der Waals surface area contributed by atoms with E-state index in [-0.39, 0.29) is 19.1 Å². The standard InChI is InChI=1S/C24H22N2O3/c1-26(14-20(28)15-27)24(29)18-9-10-22-16(11-18)6-4-7-21(22)19-12-17-5-2-3-8-23(17)25-13-19/h2-13,20,27-28H,14-15H2,1H3. The molecule has 146 valence electrons. The molecule has 4 rings (SSSR count). The lowest BCUT2D eigenvalue weighted by Crippen LogP contribution is -2.35. The number of benzene rings is 3. The van der Waals surface area contributed by atoms with Gasteiger partial charge in [-0.25, -0.2) is 0 Å². The van der Waals surface area contributed by atoms with Crippen LogP contribution in [0.25, 0.3) is 32.8 Å². The van der Waals surface area contributed by atoms with Crippen LogP contribution in [0.1, 0.15) is 10.4 Å². The molecule has 3 aromatic carbocycles. The average molecular weight is 386 g/mol. The Morgan fingerprint density at radius 2 is 1.83 bits per heavy atom. The minimum absolute atomic E-state index is 0.0795. The van der Waals surface area contributed by atoms with Crippen molar-refractivity contribution in [3.05, 3.63) is 78.5 Å². The average Bonchev–Trinajstić information content (AvgIpc) is 2.77. The molecule has 2 N–H and O–H groups in total. The molecule has 5 nitrogen and oxygen atoms in total. The summed E-state index contributed by atoms with van der Waals surface area (Å²) in [6.07, 6.45) is 0.927. The van der Waals surface area contributed by atoms with Crippen molar-refractivity contribution in [1.82, 2.24) is 9.88 Å². The van der Waals surface area contributed by atoms with Crippen molar-refractivity contribution < 1.29 is 15.0 Å². The van der Waals surface area contributed by atoms with E-state index < -0.39 is 6.10 Å². The van der Waals surface area contributed by atoms with Crippen molar-refractivity contribution >= 4 is 27.6 Å². The molecule has 0 aliphatic carbocycles. The van der Waals surface area contributed by atoms with Crippen molar-refractivity contribution in [3.8, 4) is 11.1 Å². The van der Waals surface area contributed by atoms with Gasteiger partial charge < -0.3 is 15.1 Å². The molecule has 1 aromatic heterocycles. The van der Waals surface area contributed by atoms with Crippen molar-refractivity contribution in [2.75, 3.05) is 20.2 Å². The van der Waals surface area contributed by atoms with Gasteiger partial charge >= 0.3 is 0 Å². The molecule has 0 fully saturated rings. The second-order valence-corrected chi connectivity index (χ2v) is 7.18. The first-order valence-electron chi connectivity index (χ1n) is 9.49. The van der Waals surface area contributed by atoms with E-state index in [9.17, 15) is 9.90 Å². The number of likely N-dealkylation sites (N-methyl/N-ethyl adjacent to an activating group) is 1. The third kappa shape index (κ3) is 3.83. The molecular formula is C24H22N2O3. The molecule has 29 heavy (non-hydrogen) atoms. The number of aromatic nitrogens is 1. The number of aliphatic hydroxyl groups excluding tert-OH is 2. The summed E-state index contributed by atoms with van der Waals surface area (Å²) < 4.78 is 0. The Hall–Kier alpha value is -3.28. The number of fused-ring (bicyclic) bond motifs is 2. The Bertz CT molecular complexity index is 1190. The first-order valence-corrected chi connectivity index (χ1v) is 9.49. The van der Waals surface area contributed by atoms with E-state index in [0.717, 1.165) is 32.8 Å². The predicted octanol–water partition coefficient (Wildman–Crippen LogP) is 3.48. The highest BCUT2D eigenvalue weighted by molar-refractivity contribution is 6.03. The number of pyridine rings is 1. The molecule has 0 radical (unpaired) electrons. The predicted molar refractivity (Wildman–Crippen MR) is 115 cm³/mol. The summed E-state index contributed by atoms with van der Waals surface area (Å²) in [5.41, 5.74) is 3.58. The van der Waals surface area contributed by atoms with Crippen molar-refractivity contribution in [1.29, 1.82) is 0 Å². The third-order valence-electron chi connectivity index (χ3n) is 5.07. The maximum absolute atomic E-state index is 12.7.